The maximum atomic E-state index is 6.05. The van der Waals surface area contributed by atoms with E-state index < -0.39 is 0 Å². The van der Waals surface area contributed by atoms with Crippen molar-refractivity contribution in [1.29, 1.82) is 0 Å². The molecule has 1 rings (SSSR count). The average Bonchev–Trinajstić information content (AvgIpc) is 2.33. The Morgan fingerprint density at radius 2 is 1.94 bits per heavy atom. The first-order valence-corrected chi connectivity index (χ1v) is 7.10. The summed E-state index contributed by atoms with van der Waals surface area (Å²) in [5, 5.41) is 4.63. The molecule has 0 radical (unpaired) electrons. The van der Waals surface area contributed by atoms with Gasteiger partial charge in [0.15, 0.2) is 0 Å². The van der Waals surface area contributed by atoms with Crippen LogP contribution >= 0.6 is 23.2 Å². The quantitative estimate of drug-likeness (QED) is 0.800. The fourth-order valence-corrected chi connectivity index (χ4v) is 1.92. The van der Waals surface area contributed by atoms with Gasteiger partial charge in [0.25, 0.3) is 0 Å². The van der Waals surface area contributed by atoms with E-state index in [2.05, 4.69) is 12.2 Å². The predicted molar refractivity (Wildman–Crippen MR) is 78.6 cm³/mol. The van der Waals surface area contributed by atoms with Crippen LogP contribution in [-0.2, 0) is 4.74 Å². The number of rotatable bonds is 7. The average molecular weight is 290 g/mol. The van der Waals surface area contributed by atoms with Gasteiger partial charge in [-0.15, -0.1) is 0 Å². The van der Waals surface area contributed by atoms with Crippen molar-refractivity contribution in [3.63, 3.8) is 0 Å². The molecule has 1 aromatic rings. The van der Waals surface area contributed by atoms with Gasteiger partial charge in [0.05, 0.1) is 28.8 Å². The molecule has 0 aliphatic heterocycles. The largest absolute Gasteiger partial charge is 0.377 e. The van der Waals surface area contributed by atoms with Crippen LogP contribution in [0, 0.1) is 0 Å². The van der Waals surface area contributed by atoms with E-state index in [0.29, 0.717) is 16.7 Å². The fourth-order valence-electron chi connectivity index (χ4n) is 1.61. The molecule has 0 heterocycles. The zero-order chi connectivity index (χ0) is 13.5. The van der Waals surface area contributed by atoms with Gasteiger partial charge >= 0.3 is 0 Å². The van der Waals surface area contributed by atoms with E-state index in [9.17, 15) is 0 Å². The van der Waals surface area contributed by atoms with Gasteiger partial charge in [-0.25, -0.2) is 0 Å². The summed E-state index contributed by atoms with van der Waals surface area (Å²) < 4.78 is 5.69. The normalized spacial score (nSPS) is 13.0. The molecule has 4 heteroatoms. The number of benzene rings is 1. The van der Waals surface area contributed by atoms with E-state index in [-0.39, 0.29) is 12.1 Å². The maximum Gasteiger partial charge on any atom is 0.0664 e. The second kappa shape index (κ2) is 8.00. The van der Waals surface area contributed by atoms with Crippen LogP contribution in [0.2, 0.25) is 10.0 Å². The van der Waals surface area contributed by atoms with E-state index in [1.54, 1.807) is 0 Å². The van der Waals surface area contributed by atoms with Crippen LogP contribution in [0.25, 0.3) is 0 Å². The maximum absolute atomic E-state index is 6.05. The van der Waals surface area contributed by atoms with E-state index in [0.717, 1.165) is 18.5 Å². The minimum atomic E-state index is 0.155. The molecule has 0 fully saturated rings. The first-order chi connectivity index (χ1) is 8.54. The van der Waals surface area contributed by atoms with Crippen LogP contribution in [0.1, 0.15) is 38.8 Å². The van der Waals surface area contributed by atoms with Crippen LogP contribution in [0.15, 0.2) is 18.2 Å². The van der Waals surface area contributed by atoms with Crippen molar-refractivity contribution in [2.45, 2.75) is 39.3 Å². The first-order valence-electron chi connectivity index (χ1n) is 6.34. The lowest BCUT2D eigenvalue weighted by atomic mass is 10.1. The van der Waals surface area contributed by atoms with Gasteiger partial charge in [-0.2, -0.15) is 0 Å². The molecular formula is C14H21Cl2NO. The first kappa shape index (κ1) is 15.8. The molecule has 1 atom stereocenters. The van der Waals surface area contributed by atoms with Gasteiger partial charge in [-0.1, -0.05) is 36.2 Å². The SMILES string of the molecule is CCCNC(COC(C)C)c1ccc(Cl)c(Cl)c1. The predicted octanol–water partition coefficient (Wildman–Crippen LogP) is 4.46. The second-order valence-corrected chi connectivity index (χ2v) is 5.38. The summed E-state index contributed by atoms with van der Waals surface area (Å²) in [6.07, 6.45) is 1.30. The number of hydrogen-bond acceptors (Lipinski definition) is 2. The number of hydrogen-bond donors (Lipinski definition) is 1. The Hall–Kier alpha value is -0.280. The second-order valence-electron chi connectivity index (χ2n) is 4.56. The van der Waals surface area contributed by atoms with Gasteiger partial charge in [0.1, 0.15) is 0 Å². The van der Waals surface area contributed by atoms with Crippen LogP contribution in [0.5, 0.6) is 0 Å². The molecule has 1 unspecified atom stereocenters. The van der Waals surface area contributed by atoms with Crippen molar-refractivity contribution in [3.8, 4) is 0 Å². The van der Waals surface area contributed by atoms with Crippen molar-refractivity contribution in [2.75, 3.05) is 13.2 Å². The molecular weight excluding hydrogens is 269 g/mol. The Morgan fingerprint density at radius 3 is 2.50 bits per heavy atom. The molecule has 2 nitrogen and oxygen atoms in total. The van der Waals surface area contributed by atoms with Gasteiger partial charge in [-0.3, -0.25) is 0 Å². The Kier molecular flexibility index (Phi) is 7.02. The van der Waals surface area contributed by atoms with E-state index in [1.165, 1.54) is 0 Å². The summed E-state index contributed by atoms with van der Waals surface area (Å²) in [5.41, 5.74) is 1.11. The lowest BCUT2D eigenvalue weighted by molar-refractivity contribution is 0.0611. The summed E-state index contributed by atoms with van der Waals surface area (Å²) in [7, 11) is 0. The summed E-state index contributed by atoms with van der Waals surface area (Å²) >= 11 is 12.0. The third kappa shape index (κ3) is 5.15. The van der Waals surface area contributed by atoms with Gasteiger partial charge in [-0.05, 0) is 44.5 Å². The van der Waals surface area contributed by atoms with Crippen LogP contribution in [-0.4, -0.2) is 19.3 Å². The highest BCUT2D eigenvalue weighted by Gasteiger charge is 2.13. The molecule has 0 saturated carbocycles. The number of halogens is 2. The van der Waals surface area contributed by atoms with Crippen LogP contribution in [0.3, 0.4) is 0 Å². The minimum absolute atomic E-state index is 0.155. The summed E-state index contributed by atoms with van der Waals surface area (Å²) in [4.78, 5) is 0. The molecule has 0 spiro atoms. The molecule has 0 aliphatic carbocycles. The van der Waals surface area contributed by atoms with Crippen LogP contribution in [0.4, 0.5) is 0 Å². The Balaban J connectivity index is 2.76. The van der Waals surface area contributed by atoms with E-state index in [4.69, 9.17) is 27.9 Å². The van der Waals surface area contributed by atoms with Crippen molar-refractivity contribution < 1.29 is 4.74 Å². The molecule has 1 N–H and O–H groups in total. The highest BCUT2D eigenvalue weighted by Crippen LogP contribution is 2.26. The summed E-state index contributed by atoms with van der Waals surface area (Å²) in [6, 6.07) is 5.88. The number of nitrogens with one attached hydrogen (secondary N) is 1. The monoisotopic (exact) mass is 289 g/mol. The highest BCUT2D eigenvalue weighted by molar-refractivity contribution is 6.42. The lowest BCUT2D eigenvalue weighted by Gasteiger charge is -2.21. The van der Waals surface area contributed by atoms with E-state index >= 15 is 0 Å². The molecule has 18 heavy (non-hydrogen) atoms. The smallest absolute Gasteiger partial charge is 0.0664 e. The lowest BCUT2D eigenvalue weighted by Crippen LogP contribution is -2.27. The molecule has 0 amide bonds. The topological polar surface area (TPSA) is 21.3 Å². The zero-order valence-electron chi connectivity index (χ0n) is 11.2. The molecule has 1 aromatic carbocycles. The minimum Gasteiger partial charge on any atom is -0.377 e. The molecule has 102 valence electrons. The van der Waals surface area contributed by atoms with Crippen molar-refractivity contribution in [1.82, 2.24) is 5.32 Å². The number of ether oxygens (including phenoxy) is 1. The van der Waals surface area contributed by atoms with Gasteiger partial charge in [0.2, 0.25) is 0 Å². The fraction of sp³-hybridized carbons (Fsp3) is 0.571. The van der Waals surface area contributed by atoms with Crippen molar-refractivity contribution in [2.24, 2.45) is 0 Å². The Bertz CT molecular complexity index is 369. The van der Waals surface area contributed by atoms with Crippen molar-refractivity contribution >= 4 is 23.2 Å². The summed E-state index contributed by atoms with van der Waals surface area (Å²) in [6.45, 7) is 7.79. The van der Waals surface area contributed by atoms with Crippen molar-refractivity contribution in [3.05, 3.63) is 33.8 Å². The molecule has 0 aromatic heterocycles. The molecule has 0 saturated heterocycles. The third-order valence-electron chi connectivity index (χ3n) is 2.58. The zero-order valence-corrected chi connectivity index (χ0v) is 12.7. The molecule has 0 bridgehead atoms. The van der Waals surface area contributed by atoms with Gasteiger partial charge in [0, 0.05) is 0 Å². The highest BCUT2D eigenvalue weighted by atomic mass is 35.5. The van der Waals surface area contributed by atoms with Gasteiger partial charge < -0.3 is 10.1 Å². The Morgan fingerprint density at radius 1 is 1.22 bits per heavy atom. The van der Waals surface area contributed by atoms with E-state index in [1.807, 2.05) is 32.0 Å². The standard InChI is InChI=1S/C14H21Cl2NO/c1-4-7-17-14(9-18-10(2)3)11-5-6-12(15)13(16)8-11/h5-6,8,10,14,17H,4,7,9H2,1-3H3. The van der Waals surface area contributed by atoms with Crippen LogP contribution < -0.4 is 5.32 Å². The Labute approximate surface area is 120 Å². The summed E-state index contributed by atoms with van der Waals surface area (Å²) in [5.74, 6) is 0. The third-order valence-corrected chi connectivity index (χ3v) is 3.32. The molecule has 0 aliphatic rings.